The molecule has 0 spiro atoms. The number of pyridine rings is 1. The Morgan fingerprint density at radius 3 is 2.25 bits per heavy atom. The summed E-state index contributed by atoms with van der Waals surface area (Å²) in [5, 5.41) is 18.2. The Bertz CT molecular complexity index is 1040. The molecule has 36 heavy (non-hydrogen) atoms. The maximum atomic E-state index is 12.8. The highest BCUT2D eigenvalue weighted by atomic mass is 32.2. The standard InChI is InChI=1S/C28H37NO6S/c1-2-3-4-5-6-7-8-9-10-11-19-35-26-17-15-23(29-25(26)16-18-27(30)31)21-36(34)24-14-12-13-22(20-24)28(32)33/h12-18,20H,2-11,19,21H2,1H3,(H,30,31)(H,32,33)/b18-16+. The predicted molar refractivity (Wildman–Crippen MR) is 142 cm³/mol. The summed E-state index contributed by atoms with van der Waals surface area (Å²) in [5.74, 6) is -1.64. The van der Waals surface area contributed by atoms with Crippen LogP contribution in [0, 0.1) is 0 Å². The number of aromatic carboxylic acids is 1. The van der Waals surface area contributed by atoms with Gasteiger partial charge in [-0.2, -0.15) is 0 Å². The number of nitrogens with zero attached hydrogens (tertiary/aromatic N) is 1. The van der Waals surface area contributed by atoms with E-state index in [0.29, 0.717) is 28.6 Å². The molecule has 1 unspecified atom stereocenters. The fourth-order valence-corrected chi connectivity index (χ4v) is 4.82. The zero-order valence-corrected chi connectivity index (χ0v) is 21.8. The Morgan fingerprint density at radius 1 is 0.944 bits per heavy atom. The molecule has 0 saturated carbocycles. The molecule has 0 amide bonds. The summed E-state index contributed by atoms with van der Waals surface area (Å²) in [5.41, 5.74) is 0.915. The van der Waals surface area contributed by atoms with Crippen molar-refractivity contribution in [2.24, 2.45) is 0 Å². The molecule has 0 aliphatic heterocycles. The average molecular weight is 516 g/mol. The molecule has 1 heterocycles. The molecule has 2 rings (SSSR count). The topological polar surface area (TPSA) is 114 Å². The largest absolute Gasteiger partial charge is 0.491 e. The first kappa shape index (κ1) is 29.2. The summed E-state index contributed by atoms with van der Waals surface area (Å²) in [7, 11) is -1.51. The van der Waals surface area contributed by atoms with Gasteiger partial charge in [0.05, 0.1) is 34.4 Å². The zero-order chi connectivity index (χ0) is 26.2. The lowest BCUT2D eigenvalue weighted by atomic mass is 10.1. The first-order valence-electron chi connectivity index (χ1n) is 12.7. The molecule has 2 N–H and O–H groups in total. The summed E-state index contributed by atoms with van der Waals surface area (Å²) in [6.45, 7) is 2.74. The van der Waals surface area contributed by atoms with Crippen LogP contribution in [0.4, 0.5) is 0 Å². The molecule has 1 atom stereocenters. The Morgan fingerprint density at radius 2 is 1.61 bits per heavy atom. The van der Waals surface area contributed by atoms with E-state index in [1.165, 1.54) is 69.6 Å². The first-order valence-corrected chi connectivity index (χ1v) is 14.0. The highest BCUT2D eigenvalue weighted by Crippen LogP contribution is 2.22. The Balaban J connectivity index is 1.90. The number of aromatic nitrogens is 1. The molecule has 7 nitrogen and oxygen atoms in total. The molecule has 0 saturated heterocycles. The maximum absolute atomic E-state index is 12.8. The van der Waals surface area contributed by atoms with Crippen molar-refractivity contribution in [3.8, 4) is 5.75 Å². The molecule has 0 radical (unpaired) electrons. The van der Waals surface area contributed by atoms with Crippen LogP contribution in [0.1, 0.15) is 92.9 Å². The summed E-state index contributed by atoms with van der Waals surface area (Å²) < 4.78 is 18.7. The fraction of sp³-hybridized carbons (Fsp3) is 0.464. The Kier molecular flexibility index (Phi) is 13.5. The monoisotopic (exact) mass is 515 g/mol. The van der Waals surface area contributed by atoms with E-state index in [9.17, 15) is 13.8 Å². The van der Waals surface area contributed by atoms with E-state index in [0.717, 1.165) is 18.9 Å². The van der Waals surface area contributed by atoms with Crippen LogP contribution in [0.15, 0.2) is 47.4 Å². The molecule has 0 aliphatic carbocycles. The number of unbranched alkanes of at least 4 members (excludes halogenated alkanes) is 9. The number of hydrogen-bond donors (Lipinski definition) is 2. The number of benzene rings is 1. The van der Waals surface area contributed by atoms with E-state index < -0.39 is 22.7 Å². The summed E-state index contributed by atoms with van der Waals surface area (Å²) in [4.78, 5) is 27.0. The van der Waals surface area contributed by atoms with E-state index in [-0.39, 0.29) is 11.3 Å². The lowest BCUT2D eigenvalue weighted by Crippen LogP contribution is -2.05. The molecule has 2 aromatic rings. The molecular weight excluding hydrogens is 478 g/mol. The average Bonchev–Trinajstić information content (AvgIpc) is 2.86. The first-order chi connectivity index (χ1) is 17.4. The molecule has 1 aromatic carbocycles. The summed E-state index contributed by atoms with van der Waals surface area (Å²) in [6, 6.07) is 9.40. The number of aliphatic carboxylic acids is 1. The number of rotatable bonds is 18. The molecule has 8 heteroatoms. The van der Waals surface area contributed by atoms with Crippen LogP contribution in [0.3, 0.4) is 0 Å². The fourth-order valence-electron chi connectivity index (χ4n) is 3.74. The minimum Gasteiger partial charge on any atom is -0.491 e. The Hall–Kier alpha value is -3.00. The predicted octanol–water partition coefficient (Wildman–Crippen LogP) is 6.49. The SMILES string of the molecule is CCCCCCCCCCCCOc1ccc(CS(=O)c2cccc(C(=O)O)c2)nc1/C=C/C(=O)O. The van der Waals surface area contributed by atoms with Crippen molar-refractivity contribution in [2.75, 3.05) is 6.61 Å². The zero-order valence-electron chi connectivity index (χ0n) is 21.0. The number of ether oxygens (including phenoxy) is 1. The minimum absolute atomic E-state index is 0.0645. The minimum atomic E-state index is -1.51. The lowest BCUT2D eigenvalue weighted by molar-refractivity contribution is -0.131. The van der Waals surface area contributed by atoms with Gasteiger partial charge in [0.15, 0.2) is 0 Å². The molecule has 196 valence electrons. The molecule has 0 bridgehead atoms. The van der Waals surface area contributed by atoms with Crippen molar-refractivity contribution in [3.63, 3.8) is 0 Å². The van der Waals surface area contributed by atoms with Crippen LogP contribution >= 0.6 is 0 Å². The Labute approximate surface area is 216 Å². The summed E-state index contributed by atoms with van der Waals surface area (Å²) >= 11 is 0. The van der Waals surface area contributed by atoms with Gasteiger partial charge in [-0.05, 0) is 42.8 Å². The van der Waals surface area contributed by atoms with Crippen molar-refractivity contribution < 1.29 is 28.7 Å². The van der Waals surface area contributed by atoms with Gasteiger partial charge in [-0.15, -0.1) is 0 Å². The van der Waals surface area contributed by atoms with Crippen LogP contribution in [0.25, 0.3) is 6.08 Å². The smallest absolute Gasteiger partial charge is 0.335 e. The van der Waals surface area contributed by atoms with Gasteiger partial charge in [0.2, 0.25) is 0 Å². The number of carboxylic acids is 2. The van der Waals surface area contributed by atoms with Gasteiger partial charge >= 0.3 is 11.9 Å². The van der Waals surface area contributed by atoms with Gasteiger partial charge in [0.1, 0.15) is 11.4 Å². The molecule has 0 fully saturated rings. The number of hydrogen-bond acceptors (Lipinski definition) is 5. The van der Waals surface area contributed by atoms with E-state index in [4.69, 9.17) is 14.9 Å². The van der Waals surface area contributed by atoms with Gasteiger partial charge in [-0.3, -0.25) is 4.21 Å². The van der Waals surface area contributed by atoms with Crippen LogP contribution in [0.2, 0.25) is 0 Å². The van der Waals surface area contributed by atoms with E-state index in [2.05, 4.69) is 11.9 Å². The summed E-state index contributed by atoms with van der Waals surface area (Å²) in [6.07, 6.45) is 14.6. The second kappa shape index (κ2) is 16.6. The number of carbonyl (C=O) groups is 2. The molecule has 0 aliphatic rings. The van der Waals surface area contributed by atoms with Gasteiger partial charge in [-0.25, -0.2) is 14.6 Å². The van der Waals surface area contributed by atoms with Gasteiger partial charge in [-0.1, -0.05) is 70.8 Å². The second-order valence-electron chi connectivity index (χ2n) is 8.71. The van der Waals surface area contributed by atoms with E-state index in [1.54, 1.807) is 24.3 Å². The highest BCUT2D eigenvalue weighted by molar-refractivity contribution is 7.84. The van der Waals surface area contributed by atoms with Crippen molar-refractivity contribution in [1.82, 2.24) is 4.98 Å². The van der Waals surface area contributed by atoms with Gasteiger partial charge < -0.3 is 14.9 Å². The third-order valence-corrected chi connectivity index (χ3v) is 7.04. The van der Waals surface area contributed by atoms with Crippen molar-refractivity contribution >= 4 is 28.8 Å². The maximum Gasteiger partial charge on any atom is 0.335 e. The quantitative estimate of drug-likeness (QED) is 0.172. The van der Waals surface area contributed by atoms with Crippen molar-refractivity contribution in [2.45, 2.75) is 81.8 Å². The normalized spacial score (nSPS) is 12.0. The molecule has 1 aromatic heterocycles. The van der Waals surface area contributed by atoms with Gasteiger partial charge in [0, 0.05) is 11.0 Å². The highest BCUT2D eigenvalue weighted by Gasteiger charge is 2.12. The van der Waals surface area contributed by atoms with Crippen LogP contribution in [0.5, 0.6) is 5.75 Å². The van der Waals surface area contributed by atoms with E-state index >= 15 is 0 Å². The van der Waals surface area contributed by atoms with Crippen LogP contribution < -0.4 is 4.74 Å². The van der Waals surface area contributed by atoms with E-state index in [1.807, 2.05) is 0 Å². The van der Waals surface area contributed by atoms with Crippen LogP contribution in [-0.2, 0) is 21.3 Å². The van der Waals surface area contributed by atoms with Crippen LogP contribution in [-0.4, -0.2) is 38.0 Å². The van der Waals surface area contributed by atoms with Gasteiger partial charge in [0.25, 0.3) is 0 Å². The third-order valence-electron chi connectivity index (χ3n) is 5.71. The van der Waals surface area contributed by atoms with Crippen molar-refractivity contribution in [3.05, 3.63) is 59.4 Å². The second-order valence-corrected chi connectivity index (χ2v) is 10.2. The molecular formula is C28H37NO6S. The number of carboxylic acid groups (broad SMARTS) is 2. The van der Waals surface area contributed by atoms with Crippen molar-refractivity contribution in [1.29, 1.82) is 0 Å². The lowest BCUT2D eigenvalue weighted by Gasteiger charge is -2.11. The third kappa shape index (κ3) is 11.2.